The summed E-state index contributed by atoms with van der Waals surface area (Å²) in [5.41, 5.74) is 1.54. The van der Waals surface area contributed by atoms with Crippen LogP contribution in [0.15, 0.2) is 43.1 Å². The Morgan fingerprint density at radius 3 is 3.00 bits per heavy atom. The molecule has 0 aliphatic carbocycles. The van der Waals surface area contributed by atoms with E-state index >= 15 is 4.39 Å². The fourth-order valence-corrected chi connectivity index (χ4v) is 4.40. The van der Waals surface area contributed by atoms with Gasteiger partial charge in [-0.2, -0.15) is 0 Å². The molecule has 3 aliphatic rings. The van der Waals surface area contributed by atoms with E-state index in [0.29, 0.717) is 11.8 Å². The summed E-state index contributed by atoms with van der Waals surface area (Å²) in [4.78, 5) is 6.68. The summed E-state index contributed by atoms with van der Waals surface area (Å²) < 4.78 is 20.8. The monoisotopic (exact) mass is 326 g/mol. The highest BCUT2D eigenvalue weighted by atomic mass is 19.1. The van der Waals surface area contributed by atoms with Gasteiger partial charge in [0.25, 0.3) is 0 Å². The van der Waals surface area contributed by atoms with E-state index in [1.807, 2.05) is 30.3 Å². The largest absolute Gasteiger partial charge is 0.497 e. The summed E-state index contributed by atoms with van der Waals surface area (Å²) in [5, 5.41) is 0.854. The summed E-state index contributed by atoms with van der Waals surface area (Å²) >= 11 is 0. The van der Waals surface area contributed by atoms with Crippen molar-refractivity contribution in [3.63, 3.8) is 0 Å². The number of ether oxygens (including phenoxy) is 1. The van der Waals surface area contributed by atoms with E-state index < -0.39 is 6.17 Å². The van der Waals surface area contributed by atoms with Gasteiger partial charge in [-0.3, -0.25) is 9.88 Å². The van der Waals surface area contributed by atoms with Gasteiger partial charge >= 0.3 is 0 Å². The van der Waals surface area contributed by atoms with E-state index in [9.17, 15) is 0 Å². The number of hydrogen-bond donors (Lipinski definition) is 0. The van der Waals surface area contributed by atoms with Crippen LogP contribution in [0.4, 0.5) is 4.39 Å². The average molecular weight is 326 g/mol. The molecule has 4 heterocycles. The predicted octanol–water partition coefficient (Wildman–Crippen LogP) is 4.15. The Labute approximate surface area is 142 Å². The van der Waals surface area contributed by atoms with Crippen LogP contribution >= 0.6 is 0 Å². The molecule has 1 aromatic heterocycles. The van der Waals surface area contributed by atoms with Gasteiger partial charge < -0.3 is 4.74 Å². The second kappa shape index (κ2) is 6.17. The van der Waals surface area contributed by atoms with E-state index in [0.717, 1.165) is 48.1 Å². The van der Waals surface area contributed by atoms with Gasteiger partial charge in [-0.05, 0) is 61.1 Å². The zero-order valence-electron chi connectivity index (χ0n) is 14.0. The molecule has 0 saturated carbocycles. The van der Waals surface area contributed by atoms with Crippen LogP contribution in [-0.4, -0.2) is 36.1 Å². The first kappa shape index (κ1) is 15.6. The molecular formula is C20H23FN2O. The third kappa shape index (κ3) is 2.49. The van der Waals surface area contributed by atoms with Crippen LogP contribution in [-0.2, 0) is 0 Å². The number of fused-ring (bicyclic) bond motifs is 4. The van der Waals surface area contributed by atoms with Crippen molar-refractivity contribution in [2.75, 3.05) is 20.2 Å². The average Bonchev–Trinajstić information content (AvgIpc) is 2.66. The number of pyridine rings is 1. The van der Waals surface area contributed by atoms with Crippen molar-refractivity contribution in [1.29, 1.82) is 0 Å². The van der Waals surface area contributed by atoms with Crippen molar-refractivity contribution in [3.05, 3.63) is 48.7 Å². The molecule has 3 nitrogen and oxygen atoms in total. The van der Waals surface area contributed by atoms with Crippen LogP contribution in [0, 0.1) is 11.8 Å². The van der Waals surface area contributed by atoms with E-state index in [-0.39, 0.29) is 6.04 Å². The number of hydrogen-bond acceptors (Lipinski definition) is 3. The number of piperidine rings is 3. The molecule has 2 aromatic rings. The second-order valence-corrected chi connectivity index (χ2v) is 6.93. The van der Waals surface area contributed by atoms with Gasteiger partial charge in [0, 0.05) is 24.2 Å². The van der Waals surface area contributed by atoms with E-state index in [1.54, 1.807) is 13.3 Å². The number of benzene rings is 1. The molecule has 5 rings (SSSR count). The minimum atomic E-state index is -1.00. The maximum Gasteiger partial charge on any atom is 0.141 e. The lowest BCUT2D eigenvalue weighted by Crippen LogP contribution is -2.54. The first-order valence-corrected chi connectivity index (χ1v) is 8.64. The Bertz CT molecular complexity index is 762. The maximum absolute atomic E-state index is 15.5. The lowest BCUT2D eigenvalue weighted by molar-refractivity contribution is -0.0183. The fraction of sp³-hybridized carbons (Fsp3) is 0.450. The topological polar surface area (TPSA) is 25.4 Å². The molecule has 126 valence electrons. The van der Waals surface area contributed by atoms with Crippen molar-refractivity contribution in [1.82, 2.24) is 9.88 Å². The van der Waals surface area contributed by atoms with Gasteiger partial charge in [0.2, 0.25) is 0 Å². The molecule has 24 heavy (non-hydrogen) atoms. The summed E-state index contributed by atoms with van der Waals surface area (Å²) in [6, 6.07) is 7.43. The van der Waals surface area contributed by atoms with Crippen molar-refractivity contribution in [3.8, 4) is 5.75 Å². The SMILES string of the molecule is C=C[C@H]1CN2CC[C@H]1C[C@@H]2[C@H](F)c1ccnc2ccc(OC)cc12. The Hall–Kier alpha value is -1.94. The Balaban J connectivity index is 1.69. The number of alkyl halides is 1. The molecule has 1 unspecified atom stereocenters. The lowest BCUT2D eigenvalue weighted by atomic mass is 9.74. The van der Waals surface area contributed by atoms with Crippen molar-refractivity contribution in [2.24, 2.45) is 11.8 Å². The summed E-state index contributed by atoms with van der Waals surface area (Å²) in [6.45, 7) is 5.88. The minimum absolute atomic E-state index is 0.0447. The fourth-order valence-electron chi connectivity index (χ4n) is 4.40. The van der Waals surface area contributed by atoms with Gasteiger partial charge in [0.05, 0.1) is 12.6 Å². The molecule has 4 heteroatoms. The molecule has 0 N–H and O–H groups in total. The minimum Gasteiger partial charge on any atom is -0.497 e. The highest BCUT2D eigenvalue weighted by Crippen LogP contribution is 2.43. The Kier molecular flexibility index (Phi) is 4.01. The summed E-state index contributed by atoms with van der Waals surface area (Å²) in [6.07, 6.45) is 4.82. The van der Waals surface area contributed by atoms with Gasteiger partial charge in [-0.15, -0.1) is 6.58 Å². The van der Waals surface area contributed by atoms with Gasteiger partial charge in [0.15, 0.2) is 0 Å². The number of halogens is 1. The quantitative estimate of drug-likeness (QED) is 0.789. The molecule has 2 bridgehead atoms. The molecule has 3 aliphatic heterocycles. The molecule has 3 fully saturated rings. The molecule has 0 amide bonds. The van der Waals surface area contributed by atoms with Gasteiger partial charge in [0.1, 0.15) is 11.9 Å². The smallest absolute Gasteiger partial charge is 0.141 e. The van der Waals surface area contributed by atoms with Crippen LogP contribution in [0.25, 0.3) is 10.9 Å². The number of nitrogens with zero attached hydrogens (tertiary/aromatic N) is 2. The van der Waals surface area contributed by atoms with Gasteiger partial charge in [-0.25, -0.2) is 4.39 Å². The van der Waals surface area contributed by atoms with Crippen molar-refractivity contribution >= 4 is 10.9 Å². The van der Waals surface area contributed by atoms with E-state index in [1.165, 1.54) is 0 Å². The van der Waals surface area contributed by atoms with Crippen LogP contribution in [0.5, 0.6) is 5.75 Å². The Morgan fingerprint density at radius 1 is 1.42 bits per heavy atom. The van der Waals surface area contributed by atoms with Crippen LogP contribution in [0.2, 0.25) is 0 Å². The molecule has 5 atom stereocenters. The standard InChI is InChI=1S/C20H23FN2O/c1-3-13-12-23-9-7-14(13)10-19(23)20(21)16-6-8-22-18-5-4-15(24-2)11-17(16)18/h3-6,8,11,13-14,19-20H,1,7,9-10,12H2,2H3/t13-,14-,19+,20+/m0/s1. The first-order chi connectivity index (χ1) is 11.7. The molecule has 0 radical (unpaired) electrons. The first-order valence-electron chi connectivity index (χ1n) is 8.64. The number of methoxy groups -OCH3 is 1. The zero-order chi connectivity index (χ0) is 16.7. The highest BCUT2D eigenvalue weighted by Gasteiger charge is 2.43. The summed E-state index contributed by atoms with van der Waals surface area (Å²) in [5.74, 6) is 1.82. The van der Waals surface area contributed by atoms with Crippen LogP contribution in [0.3, 0.4) is 0 Å². The van der Waals surface area contributed by atoms with Gasteiger partial charge in [-0.1, -0.05) is 6.08 Å². The van der Waals surface area contributed by atoms with Crippen LogP contribution < -0.4 is 4.74 Å². The third-order valence-corrected chi connectivity index (χ3v) is 5.77. The predicted molar refractivity (Wildman–Crippen MR) is 93.9 cm³/mol. The third-order valence-electron chi connectivity index (χ3n) is 5.77. The Morgan fingerprint density at radius 2 is 2.29 bits per heavy atom. The number of rotatable bonds is 4. The molecule has 1 aromatic carbocycles. The summed E-state index contributed by atoms with van der Waals surface area (Å²) in [7, 11) is 1.63. The molecular weight excluding hydrogens is 303 g/mol. The van der Waals surface area contributed by atoms with E-state index in [2.05, 4.69) is 16.5 Å². The molecule has 0 spiro atoms. The maximum atomic E-state index is 15.5. The normalized spacial score (nSPS) is 30.2. The number of aromatic nitrogens is 1. The zero-order valence-corrected chi connectivity index (χ0v) is 14.0. The van der Waals surface area contributed by atoms with Crippen molar-refractivity contribution < 1.29 is 9.13 Å². The van der Waals surface area contributed by atoms with E-state index in [4.69, 9.17) is 4.74 Å². The highest BCUT2D eigenvalue weighted by molar-refractivity contribution is 5.84. The lowest BCUT2D eigenvalue weighted by Gasteiger charge is -2.50. The molecule has 3 saturated heterocycles. The van der Waals surface area contributed by atoms with Crippen LogP contribution in [0.1, 0.15) is 24.6 Å². The van der Waals surface area contributed by atoms with Crippen molar-refractivity contribution in [2.45, 2.75) is 25.1 Å². The second-order valence-electron chi connectivity index (χ2n) is 6.93.